The van der Waals surface area contributed by atoms with Crippen LogP contribution in [-0.2, 0) is 5.41 Å². The van der Waals surface area contributed by atoms with Crippen LogP contribution in [0, 0.1) is 0 Å². The Bertz CT molecular complexity index is 3770. The second kappa shape index (κ2) is 17.6. The van der Waals surface area contributed by atoms with Crippen LogP contribution in [-0.4, -0.2) is 4.98 Å². The van der Waals surface area contributed by atoms with Gasteiger partial charge in [0.1, 0.15) is 5.52 Å². The number of benzene rings is 11. The maximum atomic E-state index is 6.09. The largest absolute Gasteiger partial charge is 0.436 e. The summed E-state index contributed by atoms with van der Waals surface area (Å²) in [4.78, 5) is 7.07. The van der Waals surface area contributed by atoms with Gasteiger partial charge in [0.25, 0.3) is 0 Å². The van der Waals surface area contributed by atoms with Gasteiger partial charge in [-0.1, -0.05) is 212 Å². The lowest BCUT2D eigenvalue weighted by molar-refractivity contribution is 0.620. The highest BCUT2D eigenvalue weighted by Gasteiger charge is 2.46. The van der Waals surface area contributed by atoms with Gasteiger partial charge >= 0.3 is 0 Å². The SMILES string of the molecule is c1ccc(N(c2ccc(-c3ccc4c(c3)C(c3ccccc3)(c3ccccc3)c3ccccc3-4)cc2)c2ccc(-c3ccccc3-c3ccccc3-c3ccc(-c4nc5ccccc5o4)cc3)cc2)cc1. The molecule has 11 aromatic carbocycles. The summed E-state index contributed by atoms with van der Waals surface area (Å²) < 4.78 is 6.09. The van der Waals surface area contributed by atoms with E-state index in [2.05, 4.69) is 260 Å². The molecular formula is C68H46N2O. The van der Waals surface area contributed by atoms with Crippen molar-refractivity contribution in [3.05, 3.63) is 301 Å². The van der Waals surface area contributed by atoms with Crippen molar-refractivity contribution in [1.82, 2.24) is 4.98 Å². The van der Waals surface area contributed by atoms with Gasteiger partial charge in [-0.15, -0.1) is 0 Å². The molecule has 71 heavy (non-hydrogen) atoms. The molecule has 0 bridgehead atoms. The van der Waals surface area contributed by atoms with Gasteiger partial charge in [0, 0.05) is 22.6 Å². The third kappa shape index (κ3) is 7.26. The molecule has 3 heteroatoms. The Hall–Kier alpha value is -9.31. The van der Waals surface area contributed by atoms with Crippen LogP contribution in [0.3, 0.4) is 0 Å². The van der Waals surface area contributed by atoms with Gasteiger partial charge in [-0.25, -0.2) is 4.98 Å². The highest BCUT2D eigenvalue weighted by atomic mass is 16.3. The van der Waals surface area contributed by atoms with Crippen molar-refractivity contribution >= 4 is 28.2 Å². The first-order valence-corrected chi connectivity index (χ1v) is 24.3. The number of anilines is 3. The molecule has 0 atom stereocenters. The Kier molecular flexibility index (Phi) is 10.4. The number of aromatic nitrogens is 1. The van der Waals surface area contributed by atoms with E-state index in [9.17, 15) is 0 Å². The van der Waals surface area contributed by atoms with E-state index in [0.29, 0.717) is 5.89 Å². The minimum absolute atomic E-state index is 0.452. The molecule has 12 aromatic rings. The van der Waals surface area contributed by atoms with Crippen molar-refractivity contribution in [3.63, 3.8) is 0 Å². The van der Waals surface area contributed by atoms with Crippen LogP contribution in [0.2, 0.25) is 0 Å². The standard InChI is InChI=1S/C68H46N2O/c1-4-18-52(19-5-1)68(53-20-6-2-7-21-53)63-29-15-14-28-61(63)62-45-40-51(46-64(62)68)47-36-41-55(42-37-47)70(54-22-8-3-9-23-54)56-43-38-49(39-44-56)58-25-11-13-27-60(58)59-26-12-10-24-57(59)48-32-34-50(35-33-48)67-69-65-30-16-17-31-66(65)71-67/h1-46H. The Balaban J connectivity index is 0.832. The summed E-state index contributed by atoms with van der Waals surface area (Å²) in [6.45, 7) is 0. The first-order chi connectivity index (χ1) is 35.2. The average Bonchev–Trinajstić information content (AvgIpc) is 4.03. The zero-order valence-electron chi connectivity index (χ0n) is 38.9. The van der Waals surface area contributed by atoms with Gasteiger partial charge < -0.3 is 9.32 Å². The molecule has 0 N–H and O–H groups in total. The van der Waals surface area contributed by atoms with Crippen LogP contribution in [0.15, 0.2) is 283 Å². The first kappa shape index (κ1) is 41.8. The summed E-state index contributed by atoms with van der Waals surface area (Å²) in [7, 11) is 0. The second-order valence-electron chi connectivity index (χ2n) is 18.2. The number of rotatable bonds is 10. The second-order valence-corrected chi connectivity index (χ2v) is 18.2. The topological polar surface area (TPSA) is 29.3 Å². The summed E-state index contributed by atoms with van der Waals surface area (Å²) in [5.74, 6) is 0.624. The third-order valence-corrected chi connectivity index (χ3v) is 14.2. The number of oxazole rings is 1. The van der Waals surface area contributed by atoms with Crippen molar-refractivity contribution in [2.75, 3.05) is 4.90 Å². The molecule has 3 nitrogen and oxygen atoms in total. The van der Waals surface area contributed by atoms with Crippen molar-refractivity contribution in [2.45, 2.75) is 5.41 Å². The highest BCUT2D eigenvalue weighted by Crippen LogP contribution is 2.57. The minimum atomic E-state index is -0.452. The van der Waals surface area contributed by atoms with Crippen LogP contribution < -0.4 is 4.90 Å². The van der Waals surface area contributed by atoms with E-state index in [1.165, 1.54) is 61.2 Å². The molecule has 1 aliphatic rings. The Labute approximate surface area is 414 Å². The number of hydrogen-bond acceptors (Lipinski definition) is 3. The summed E-state index contributed by atoms with van der Waals surface area (Å²) in [6.07, 6.45) is 0. The Morgan fingerprint density at radius 3 is 1.31 bits per heavy atom. The molecule has 0 spiro atoms. The Morgan fingerprint density at radius 2 is 0.718 bits per heavy atom. The number of fused-ring (bicyclic) bond motifs is 4. The van der Waals surface area contributed by atoms with Crippen LogP contribution >= 0.6 is 0 Å². The lowest BCUT2D eigenvalue weighted by Gasteiger charge is -2.34. The maximum Gasteiger partial charge on any atom is 0.227 e. The first-order valence-electron chi connectivity index (χ1n) is 24.3. The van der Waals surface area contributed by atoms with Gasteiger partial charge in [-0.2, -0.15) is 0 Å². The summed E-state index contributed by atoms with van der Waals surface area (Å²) >= 11 is 0. The van der Waals surface area contributed by atoms with Crippen molar-refractivity contribution in [2.24, 2.45) is 0 Å². The van der Waals surface area contributed by atoms with E-state index in [1.807, 2.05) is 24.3 Å². The smallest absolute Gasteiger partial charge is 0.227 e. The quantitative estimate of drug-likeness (QED) is 0.137. The van der Waals surface area contributed by atoms with Crippen molar-refractivity contribution in [1.29, 1.82) is 0 Å². The number of hydrogen-bond donors (Lipinski definition) is 0. The normalized spacial score (nSPS) is 12.3. The van der Waals surface area contributed by atoms with Crippen LogP contribution in [0.25, 0.3) is 78.2 Å². The van der Waals surface area contributed by atoms with E-state index in [1.54, 1.807) is 0 Å². The lowest BCUT2D eigenvalue weighted by atomic mass is 9.67. The number of nitrogens with zero attached hydrogens (tertiary/aromatic N) is 2. The zero-order chi connectivity index (χ0) is 47.1. The number of para-hydroxylation sites is 3. The molecule has 0 saturated carbocycles. The van der Waals surface area contributed by atoms with E-state index >= 15 is 0 Å². The molecule has 334 valence electrons. The van der Waals surface area contributed by atoms with E-state index in [4.69, 9.17) is 9.40 Å². The molecular weight excluding hydrogens is 861 g/mol. The van der Waals surface area contributed by atoms with Gasteiger partial charge in [0.15, 0.2) is 5.58 Å². The summed E-state index contributed by atoms with van der Waals surface area (Å²) in [6, 6.07) is 101. The molecule has 0 unspecified atom stereocenters. The van der Waals surface area contributed by atoms with E-state index < -0.39 is 5.41 Å². The molecule has 0 saturated heterocycles. The summed E-state index contributed by atoms with van der Waals surface area (Å²) in [5.41, 5.74) is 22.4. The molecule has 1 heterocycles. The van der Waals surface area contributed by atoms with Gasteiger partial charge in [0.05, 0.1) is 5.41 Å². The minimum Gasteiger partial charge on any atom is -0.436 e. The fourth-order valence-electron chi connectivity index (χ4n) is 11.0. The molecule has 0 aliphatic heterocycles. The predicted molar refractivity (Wildman–Crippen MR) is 293 cm³/mol. The molecule has 13 rings (SSSR count). The van der Waals surface area contributed by atoms with E-state index in [0.717, 1.165) is 50.4 Å². The van der Waals surface area contributed by atoms with Crippen molar-refractivity contribution in [3.8, 4) is 67.1 Å². The fraction of sp³-hybridized carbons (Fsp3) is 0.0147. The molecule has 1 aliphatic carbocycles. The van der Waals surface area contributed by atoms with Gasteiger partial charge in [-0.05, 0) is 145 Å². The third-order valence-electron chi connectivity index (χ3n) is 14.2. The molecule has 1 aromatic heterocycles. The van der Waals surface area contributed by atoms with Crippen LogP contribution in [0.1, 0.15) is 22.3 Å². The van der Waals surface area contributed by atoms with Crippen LogP contribution in [0.4, 0.5) is 17.1 Å². The van der Waals surface area contributed by atoms with Gasteiger partial charge in [0.2, 0.25) is 5.89 Å². The lowest BCUT2D eigenvalue weighted by Crippen LogP contribution is -2.28. The predicted octanol–water partition coefficient (Wildman–Crippen LogP) is 18.0. The van der Waals surface area contributed by atoms with E-state index in [-0.39, 0.29) is 0 Å². The molecule has 0 radical (unpaired) electrons. The maximum absolute atomic E-state index is 6.09. The summed E-state index contributed by atoms with van der Waals surface area (Å²) in [5, 5.41) is 0. The van der Waals surface area contributed by atoms with Gasteiger partial charge in [-0.3, -0.25) is 0 Å². The average molecular weight is 907 g/mol. The zero-order valence-corrected chi connectivity index (χ0v) is 38.9. The van der Waals surface area contributed by atoms with Crippen molar-refractivity contribution < 1.29 is 4.42 Å². The monoisotopic (exact) mass is 906 g/mol. The van der Waals surface area contributed by atoms with Crippen LogP contribution in [0.5, 0.6) is 0 Å². The fourth-order valence-corrected chi connectivity index (χ4v) is 11.0. The molecule has 0 amide bonds. The Morgan fingerprint density at radius 1 is 0.296 bits per heavy atom. The molecule has 0 fully saturated rings. The highest BCUT2D eigenvalue weighted by molar-refractivity contribution is 5.93.